The van der Waals surface area contributed by atoms with Gasteiger partial charge in [-0.15, -0.1) is 0 Å². The molecule has 1 aliphatic heterocycles. The Morgan fingerprint density at radius 3 is 3.12 bits per heavy atom. The maximum absolute atomic E-state index is 5.27. The van der Waals surface area contributed by atoms with Crippen LogP contribution in [0.2, 0.25) is 0 Å². The maximum Gasteiger partial charge on any atom is 0.228 e. The molecule has 17 heavy (non-hydrogen) atoms. The van der Waals surface area contributed by atoms with E-state index in [9.17, 15) is 0 Å². The lowest BCUT2D eigenvalue weighted by molar-refractivity contribution is 0.354. The average molecular weight is 256 g/mol. The zero-order valence-electron chi connectivity index (χ0n) is 10.5. The Morgan fingerprint density at radius 2 is 2.41 bits per heavy atom. The first-order valence-corrected chi connectivity index (χ1v) is 7.17. The summed E-state index contributed by atoms with van der Waals surface area (Å²) in [5.74, 6) is 3.92. The molecule has 1 saturated heterocycles. The molecule has 0 bridgehead atoms. The lowest BCUT2D eigenvalue weighted by atomic mass is 10.2. The highest BCUT2D eigenvalue weighted by Crippen LogP contribution is 2.11. The molecule has 1 unspecified atom stereocenters. The first kappa shape index (κ1) is 12.9. The number of hydrogen-bond acceptors (Lipinski definition) is 6. The minimum Gasteiger partial charge on any atom is -0.339 e. The van der Waals surface area contributed by atoms with Gasteiger partial charge in [0.2, 0.25) is 5.89 Å². The molecule has 1 fully saturated rings. The van der Waals surface area contributed by atoms with Crippen molar-refractivity contribution in [1.82, 2.24) is 20.4 Å². The molecule has 2 rings (SSSR count). The number of thioether (sulfide) groups is 1. The number of aromatic nitrogens is 2. The van der Waals surface area contributed by atoms with Gasteiger partial charge in [0.1, 0.15) is 0 Å². The predicted octanol–water partition coefficient (Wildman–Crippen LogP) is 0.421. The molecule has 0 aromatic carbocycles. The van der Waals surface area contributed by atoms with Gasteiger partial charge in [0, 0.05) is 43.5 Å². The Kier molecular flexibility index (Phi) is 4.82. The second-order valence-electron chi connectivity index (χ2n) is 4.59. The van der Waals surface area contributed by atoms with E-state index in [4.69, 9.17) is 4.52 Å². The summed E-state index contributed by atoms with van der Waals surface area (Å²) >= 11 is 1.98. The van der Waals surface area contributed by atoms with Crippen molar-refractivity contribution in [1.29, 1.82) is 0 Å². The van der Waals surface area contributed by atoms with Crippen LogP contribution in [0.3, 0.4) is 0 Å². The summed E-state index contributed by atoms with van der Waals surface area (Å²) in [7, 11) is 4.09. The molecule has 0 aliphatic carbocycles. The third kappa shape index (κ3) is 4.29. The van der Waals surface area contributed by atoms with Crippen LogP contribution >= 0.6 is 11.8 Å². The molecule has 0 saturated carbocycles. The van der Waals surface area contributed by atoms with Gasteiger partial charge in [0.15, 0.2) is 5.82 Å². The SMILES string of the molecule is CN(C)CCc1noc(CC2CSCCN2)n1. The summed E-state index contributed by atoms with van der Waals surface area (Å²) in [5, 5.41) is 7.48. The number of nitrogens with one attached hydrogen (secondary N) is 1. The van der Waals surface area contributed by atoms with Crippen molar-refractivity contribution in [2.24, 2.45) is 0 Å². The highest BCUT2D eigenvalue weighted by atomic mass is 32.2. The van der Waals surface area contributed by atoms with E-state index in [0.29, 0.717) is 6.04 Å². The van der Waals surface area contributed by atoms with E-state index < -0.39 is 0 Å². The Balaban J connectivity index is 1.80. The molecule has 1 aromatic heterocycles. The molecule has 0 spiro atoms. The maximum atomic E-state index is 5.27. The topological polar surface area (TPSA) is 54.2 Å². The molecular formula is C11H20N4OS. The predicted molar refractivity (Wildman–Crippen MR) is 69.4 cm³/mol. The summed E-state index contributed by atoms with van der Waals surface area (Å²) in [6.07, 6.45) is 1.70. The second-order valence-corrected chi connectivity index (χ2v) is 5.74. The van der Waals surface area contributed by atoms with Gasteiger partial charge in [-0.25, -0.2) is 0 Å². The molecule has 1 aromatic rings. The van der Waals surface area contributed by atoms with Crippen LogP contribution in [0.25, 0.3) is 0 Å². The Hall–Kier alpha value is -0.590. The minimum atomic E-state index is 0.482. The normalized spacial score (nSPS) is 21.0. The zero-order chi connectivity index (χ0) is 12.1. The molecule has 1 atom stereocenters. The standard InChI is InChI=1S/C11H20N4OS/c1-15(2)5-3-10-13-11(16-14-10)7-9-8-17-6-4-12-9/h9,12H,3-8H2,1-2H3. The molecule has 0 amide bonds. The van der Waals surface area contributed by atoms with E-state index in [0.717, 1.165) is 43.4 Å². The van der Waals surface area contributed by atoms with Crippen molar-refractivity contribution in [3.8, 4) is 0 Å². The smallest absolute Gasteiger partial charge is 0.228 e. The summed E-state index contributed by atoms with van der Waals surface area (Å²) in [5.41, 5.74) is 0. The van der Waals surface area contributed by atoms with Gasteiger partial charge in [-0.1, -0.05) is 5.16 Å². The molecule has 1 N–H and O–H groups in total. The Labute approximate surface area is 106 Å². The Bertz CT molecular complexity index is 336. The van der Waals surface area contributed by atoms with Crippen LogP contribution in [0, 0.1) is 0 Å². The molecule has 0 radical (unpaired) electrons. The fourth-order valence-corrected chi connectivity index (χ4v) is 2.71. The van der Waals surface area contributed by atoms with Crippen LogP contribution in [0.1, 0.15) is 11.7 Å². The van der Waals surface area contributed by atoms with Gasteiger partial charge in [0.05, 0.1) is 0 Å². The van der Waals surface area contributed by atoms with Crippen molar-refractivity contribution < 1.29 is 4.52 Å². The van der Waals surface area contributed by atoms with Gasteiger partial charge in [-0.2, -0.15) is 16.7 Å². The van der Waals surface area contributed by atoms with Gasteiger partial charge in [0.25, 0.3) is 0 Å². The van der Waals surface area contributed by atoms with E-state index in [1.165, 1.54) is 5.75 Å². The number of likely N-dealkylation sites (N-methyl/N-ethyl adjacent to an activating group) is 1. The average Bonchev–Trinajstić information content (AvgIpc) is 2.75. The van der Waals surface area contributed by atoms with Crippen LogP contribution in [0.4, 0.5) is 0 Å². The summed E-state index contributed by atoms with van der Waals surface area (Å²) < 4.78 is 5.27. The third-order valence-electron chi connectivity index (χ3n) is 2.71. The van der Waals surface area contributed by atoms with Crippen molar-refractivity contribution >= 4 is 11.8 Å². The van der Waals surface area contributed by atoms with E-state index in [-0.39, 0.29) is 0 Å². The fourth-order valence-electron chi connectivity index (χ4n) is 1.76. The highest BCUT2D eigenvalue weighted by Gasteiger charge is 2.17. The molecule has 6 heteroatoms. The number of hydrogen-bond donors (Lipinski definition) is 1. The van der Waals surface area contributed by atoms with Crippen LogP contribution in [-0.2, 0) is 12.8 Å². The summed E-state index contributed by atoms with van der Waals surface area (Å²) in [6, 6.07) is 0.482. The van der Waals surface area contributed by atoms with Crippen molar-refractivity contribution in [3.63, 3.8) is 0 Å². The van der Waals surface area contributed by atoms with Gasteiger partial charge in [-0.3, -0.25) is 0 Å². The highest BCUT2D eigenvalue weighted by molar-refractivity contribution is 7.99. The van der Waals surface area contributed by atoms with Crippen molar-refractivity contribution in [2.75, 3.05) is 38.7 Å². The Morgan fingerprint density at radius 1 is 1.53 bits per heavy atom. The third-order valence-corrected chi connectivity index (χ3v) is 3.84. The van der Waals surface area contributed by atoms with Crippen LogP contribution in [0.15, 0.2) is 4.52 Å². The zero-order valence-corrected chi connectivity index (χ0v) is 11.3. The molecular weight excluding hydrogens is 236 g/mol. The number of nitrogens with zero attached hydrogens (tertiary/aromatic N) is 3. The monoisotopic (exact) mass is 256 g/mol. The van der Waals surface area contributed by atoms with Crippen LogP contribution < -0.4 is 5.32 Å². The number of rotatable bonds is 5. The molecule has 5 nitrogen and oxygen atoms in total. The quantitative estimate of drug-likeness (QED) is 0.824. The summed E-state index contributed by atoms with van der Waals surface area (Å²) in [6.45, 7) is 2.04. The lowest BCUT2D eigenvalue weighted by Crippen LogP contribution is -2.38. The minimum absolute atomic E-state index is 0.482. The van der Waals surface area contributed by atoms with E-state index in [1.54, 1.807) is 0 Å². The second kappa shape index (κ2) is 6.37. The molecule has 1 aliphatic rings. The largest absolute Gasteiger partial charge is 0.339 e. The van der Waals surface area contributed by atoms with Crippen molar-refractivity contribution in [3.05, 3.63) is 11.7 Å². The summed E-state index contributed by atoms with van der Waals surface area (Å²) in [4.78, 5) is 6.54. The first-order chi connectivity index (χ1) is 8.24. The molecule has 96 valence electrons. The first-order valence-electron chi connectivity index (χ1n) is 6.01. The fraction of sp³-hybridized carbons (Fsp3) is 0.818. The van der Waals surface area contributed by atoms with Crippen molar-refractivity contribution in [2.45, 2.75) is 18.9 Å². The van der Waals surface area contributed by atoms with Gasteiger partial charge < -0.3 is 14.7 Å². The van der Waals surface area contributed by atoms with E-state index >= 15 is 0 Å². The van der Waals surface area contributed by atoms with E-state index in [2.05, 4.69) is 20.4 Å². The molecule has 2 heterocycles. The van der Waals surface area contributed by atoms with Gasteiger partial charge >= 0.3 is 0 Å². The van der Waals surface area contributed by atoms with Gasteiger partial charge in [-0.05, 0) is 14.1 Å². The van der Waals surface area contributed by atoms with E-state index in [1.807, 2.05) is 25.9 Å². The lowest BCUT2D eigenvalue weighted by Gasteiger charge is -2.21. The van der Waals surface area contributed by atoms with Crippen LogP contribution in [-0.4, -0.2) is 59.8 Å². The van der Waals surface area contributed by atoms with Crippen LogP contribution in [0.5, 0.6) is 0 Å².